The number of pyridine rings is 1. The number of rotatable bonds is 7. The molecule has 7 nitrogen and oxygen atoms in total. The van der Waals surface area contributed by atoms with Crippen LogP contribution >= 0.6 is 0 Å². The van der Waals surface area contributed by atoms with Crippen LogP contribution in [0.3, 0.4) is 0 Å². The fourth-order valence-corrected chi connectivity index (χ4v) is 3.20. The lowest BCUT2D eigenvalue weighted by Gasteiger charge is -2.10. The van der Waals surface area contributed by atoms with E-state index in [-0.39, 0.29) is 5.91 Å². The molecule has 160 valence electrons. The first-order valence-electron chi connectivity index (χ1n) is 9.94. The Kier molecular flexibility index (Phi) is 6.27. The quantitative estimate of drug-likeness (QED) is 0.437. The number of hydrogen-bond donors (Lipinski definition) is 1. The van der Waals surface area contributed by atoms with Crippen molar-refractivity contribution in [3.8, 4) is 28.4 Å². The zero-order valence-corrected chi connectivity index (χ0v) is 17.7. The highest BCUT2D eigenvalue weighted by Gasteiger charge is 2.12. The fourth-order valence-electron chi connectivity index (χ4n) is 3.20. The van der Waals surface area contributed by atoms with Crippen LogP contribution in [0.4, 0.5) is 5.69 Å². The molecule has 4 aromatic rings. The van der Waals surface area contributed by atoms with Gasteiger partial charge in [-0.05, 0) is 42.5 Å². The predicted molar refractivity (Wildman–Crippen MR) is 124 cm³/mol. The Bertz CT molecular complexity index is 1230. The summed E-state index contributed by atoms with van der Waals surface area (Å²) in [4.78, 5) is 16.8. The molecule has 0 fully saturated rings. The van der Waals surface area contributed by atoms with Crippen LogP contribution < -0.4 is 14.8 Å². The molecule has 0 aliphatic heterocycles. The molecule has 0 unspecified atom stereocenters. The first kappa shape index (κ1) is 20.9. The normalized spacial score (nSPS) is 10.8. The third kappa shape index (κ3) is 4.67. The van der Waals surface area contributed by atoms with E-state index in [9.17, 15) is 4.79 Å². The van der Waals surface area contributed by atoms with Crippen molar-refractivity contribution in [3.63, 3.8) is 0 Å². The molecule has 0 aliphatic rings. The van der Waals surface area contributed by atoms with Crippen LogP contribution in [0.1, 0.15) is 5.56 Å². The lowest BCUT2D eigenvalue weighted by molar-refractivity contribution is -0.111. The smallest absolute Gasteiger partial charge is 0.248 e. The number of methoxy groups -OCH3 is 2. The summed E-state index contributed by atoms with van der Waals surface area (Å²) in [5, 5.41) is 7.55. The third-order valence-electron chi connectivity index (χ3n) is 4.78. The number of hydrogen-bond acceptors (Lipinski definition) is 5. The maximum atomic E-state index is 12.6. The topological polar surface area (TPSA) is 78.3 Å². The van der Waals surface area contributed by atoms with E-state index in [4.69, 9.17) is 14.6 Å². The molecule has 0 radical (unpaired) electrons. The van der Waals surface area contributed by atoms with Crippen LogP contribution in [0.25, 0.3) is 23.0 Å². The Labute approximate surface area is 186 Å². The number of ether oxygens (including phenoxy) is 2. The van der Waals surface area contributed by atoms with Gasteiger partial charge in [-0.1, -0.05) is 18.2 Å². The summed E-state index contributed by atoms with van der Waals surface area (Å²) in [6, 6.07) is 18.8. The summed E-state index contributed by atoms with van der Waals surface area (Å²) in [7, 11) is 3.11. The van der Waals surface area contributed by atoms with E-state index in [1.54, 1.807) is 55.6 Å². The molecule has 32 heavy (non-hydrogen) atoms. The molecule has 1 N–H and O–H groups in total. The van der Waals surface area contributed by atoms with Crippen molar-refractivity contribution in [2.45, 2.75) is 0 Å². The van der Waals surface area contributed by atoms with Gasteiger partial charge < -0.3 is 14.8 Å². The standard InChI is InChI=1S/C25H22N4O3/c1-31-21-11-12-23(32-2)22(15-21)27-24(30)13-10-19-17-29(20-8-4-3-5-9-20)28-25(19)18-7-6-14-26-16-18/h3-17H,1-2H3,(H,27,30)/b13-10+. The zero-order chi connectivity index (χ0) is 22.3. The Balaban J connectivity index is 1.63. The highest BCUT2D eigenvalue weighted by atomic mass is 16.5. The van der Waals surface area contributed by atoms with Crippen LogP contribution in [0.5, 0.6) is 11.5 Å². The molecule has 0 spiro atoms. The minimum Gasteiger partial charge on any atom is -0.497 e. The van der Waals surface area contributed by atoms with E-state index in [0.717, 1.165) is 22.5 Å². The number of benzene rings is 2. The van der Waals surface area contributed by atoms with E-state index >= 15 is 0 Å². The molecule has 2 heterocycles. The van der Waals surface area contributed by atoms with Crippen LogP contribution in [0.2, 0.25) is 0 Å². The van der Waals surface area contributed by atoms with Gasteiger partial charge in [-0.2, -0.15) is 5.10 Å². The Hall–Kier alpha value is -4.39. The highest BCUT2D eigenvalue weighted by Crippen LogP contribution is 2.29. The van der Waals surface area contributed by atoms with Gasteiger partial charge in [0.2, 0.25) is 5.91 Å². The molecule has 0 saturated carbocycles. The van der Waals surface area contributed by atoms with Crippen molar-refractivity contribution in [1.29, 1.82) is 0 Å². The van der Waals surface area contributed by atoms with Gasteiger partial charge in [0.25, 0.3) is 0 Å². The van der Waals surface area contributed by atoms with Crippen LogP contribution in [0, 0.1) is 0 Å². The van der Waals surface area contributed by atoms with Crippen LogP contribution in [0.15, 0.2) is 85.3 Å². The second kappa shape index (κ2) is 9.61. The van der Waals surface area contributed by atoms with E-state index in [0.29, 0.717) is 17.2 Å². The Morgan fingerprint density at radius 3 is 2.59 bits per heavy atom. The minimum atomic E-state index is -0.304. The summed E-state index contributed by atoms with van der Waals surface area (Å²) in [6.07, 6.45) is 8.54. The molecule has 1 amide bonds. The Morgan fingerprint density at radius 2 is 1.88 bits per heavy atom. The molecular weight excluding hydrogens is 404 g/mol. The summed E-state index contributed by atoms with van der Waals surface area (Å²) >= 11 is 0. The molecule has 0 atom stereocenters. The zero-order valence-electron chi connectivity index (χ0n) is 17.7. The maximum absolute atomic E-state index is 12.6. The summed E-state index contributed by atoms with van der Waals surface area (Å²) in [6.45, 7) is 0. The minimum absolute atomic E-state index is 0.304. The van der Waals surface area contributed by atoms with Gasteiger partial charge in [0.15, 0.2) is 0 Å². The maximum Gasteiger partial charge on any atom is 0.248 e. The molecule has 0 bridgehead atoms. The predicted octanol–water partition coefficient (Wildman–Crippen LogP) is 4.60. The third-order valence-corrected chi connectivity index (χ3v) is 4.78. The van der Waals surface area contributed by atoms with E-state index in [2.05, 4.69) is 10.3 Å². The van der Waals surface area contributed by atoms with Crippen molar-refractivity contribution >= 4 is 17.7 Å². The molecule has 7 heteroatoms. The highest BCUT2D eigenvalue weighted by molar-refractivity contribution is 6.03. The van der Waals surface area contributed by atoms with Gasteiger partial charge in [0.1, 0.15) is 17.2 Å². The van der Waals surface area contributed by atoms with E-state index in [1.165, 1.54) is 6.08 Å². The number of nitrogens with one attached hydrogen (secondary N) is 1. The fraction of sp³-hybridized carbons (Fsp3) is 0.0800. The van der Waals surface area contributed by atoms with Crippen LogP contribution in [-0.4, -0.2) is 34.9 Å². The molecule has 0 saturated heterocycles. The summed E-state index contributed by atoms with van der Waals surface area (Å²) < 4.78 is 12.3. The van der Waals surface area contributed by atoms with Gasteiger partial charge in [0.05, 0.1) is 25.6 Å². The molecule has 2 aromatic carbocycles. The summed E-state index contributed by atoms with van der Waals surface area (Å²) in [5.41, 5.74) is 3.81. The summed E-state index contributed by atoms with van der Waals surface area (Å²) in [5.74, 6) is 0.856. The first-order valence-corrected chi connectivity index (χ1v) is 9.94. The largest absolute Gasteiger partial charge is 0.497 e. The van der Waals surface area contributed by atoms with Gasteiger partial charge in [-0.25, -0.2) is 4.68 Å². The number of aromatic nitrogens is 3. The number of nitrogens with zero attached hydrogens (tertiary/aromatic N) is 3. The SMILES string of the molecule is COc1ccc(OC)c(NC(=O)/C=C/c2cn(-c3ccccc3)nc2-c2cccnc2)c1. The molecular formula is C25H22N4O3. The first-order chi connectivity index (χ1) is 15.7. The van der Waals surface area contributed by atoms with Gasteiger partial charge in [0, 0.05) is 41.9 Å². The number of para-hydroxylation sites is 1. The lowest BCUT2D eigenvalue weighted by Crippen LogP contribution is -2.09. The van der Waals surface area contributed by atoms with Gasteiger partial charge >= 0.3 is 0 Å². The van der Waals surface area contributed by atoms with E-state index < -0.39 is 0 Å². The van der Waals surface area contributed by atoms with Crippen molar-refractivity contribution in [1.82, 2.24) is 14.8 Å². The Morgan fingerprint density at radius 1 is 1.03 bits per heavy atom. The van der Waals surface area contributed by atoms with Gasteiger partial charge in [-0.3, -0.25) is 9.78 Å². The number of amides is 1. The van der Waals surface area contributed by atoms with E-state index in [1.807, 2.05) is 48.7 Å². The lowest BCUT2D eigenvalue weighted by atomic mass is 10.1. The second-order valence-corrected chi connectivity index (χ2v) is 6.84. The monoisotopic (exact) mass is 426 g/mol. The number of anilines is 1. The van der Waals surface area contributed by atoms with Crippen molar-refractivity contribution in [3.05, 3.63) is 90.9 Å². The average molecular weight is 426 g/mol. The molecule has 2 aromatic heterocycles. The van der Waals surface area contributed by atoms with Crippen molar-refractivity contribution < 1.29 is 14.3 Å². The molecule has 4 rings (SSSR count). The van der Waals surface area contributed by atoms with Crippen LogP contribution in [-0.2, 0) is 4.79 Å². The second-order valence-electron chi connectivity index (χ2n) is 6.84. The number of carbonyl (C=O) groups excluding carboxylic acids is 1. The average Bonchev–Trinajstić information content (AvgIpc) is 3.28. The van der Waals surface area contributed by atoms with Crippen molar-refractivity contribution in [2.75, 3.05) is 19.5 Å². The van der Waals surface area contributed by atoms with Gasteiger partial charge in [-0.15, -0.1) is 0 Å². The van der Waals surface area contributed by atoms with Crippen molar-refractivity contribution in [2.24, 2.45) is 0 Å². The number of carbonyl (C=O) groups is 1. The molecule has 0 aliphatic carbocycles.